The van der Waals surface area contributed by atoms with Crippen molar-refractivity contribution in [2.24, 2.45) is 0 Å². The number of allylic oxidation sites excluding steroid dienone is 1. The lowest BCUT2D eigenvalue weighted by molar-refractivity contribution is 0.101. The van der Waals surface area contributed by atoms with Gasteiger partial charge in [-0.3, -0.25) is 4.79 Å². The molecule has 3 nitrogen and oxygen atoms in total. The topological polar surface area (TPSA) is 46.5 Å². The molecule has 0 unspecified atom stereocenters. The molecule has 1 aliphatic heterocycles. The molecular weight excluding hydrogens is 283 g/mol. The maximum absolute atomic E-state index is 13.7. The second kappa shape index (κ2) is 4.65. The molecule has 20 heavy (non-hydrogen) atoms. The Kier molecular flexibility index (Phi) is 2.95. The molecule has 0 radical (unpaired) electrons. The Bertz CT molecular complexity index is 733. The molecule has 2 aromatic rings. The van der Waals surface area contributed by atoms with E-state index in [0.717, 1.165) is 0 Å². The second-order valence-corrected chi connectivity index (χ2v) is 4.63. The molecule has 0 aromatic heterocycles. The number of ether oxygens (including phenoxy) is 1. The number of ketones is 1. The van der Waals surface area contributed by atoms with Gasteiger partial charge in [0.15, 0.2) is 5.76 Å². The van der Waals surface area contributed by atoms with Gasteiger partial charge in [-0.15, -0.1) is 0 Å². The van der Waals surface area contributed by atoms with Crippen LogP contribution in [0.25, 0.3) is 6.08 Å². The predicted octanol–water partition coefficient (Wildman–Crippen LogP) is 3.80. The van der Waals surface area contributed by atoms with Gasteiger partial charge in [-0.05, 0) is 30.3 Å². The van der Waals surface area contributed by atoms with Gasteiger partial charge < -0.3 is 9.84 Å². The largest absolute Gasteiger partial charge is 0.507 e. The fraction of sp³-hybridized carbons (Fsp3) is 0. The summed E-state index contributed by atoms with van der Waals surface area (Å²) in [6.45, 7) is 0. The molecule has 5 heteroatoms. The summed E-state index contributed by atoms with van der Waals surface area (Å²) in [7, 11) is 0. The third-order valence-electron chi connectivity index (χ3n) is 2.95. The van der Waals surface area contributed by atoms with Crippen molar-refractivity contribution in [2.45, 2.75) is 0 Å². The van der Waals surface area contributed by atoms with Crippen molar-refractivity contribution in [1.29, 1.82) is 0 Å². The molecule has 0 fully saturated rings. The Hall–Kier alpha value is -2.33. The molecule has 1 aliphatic rings. The van der Waals surface area contributed by atoms with E-state index < -0.39 is 11.6 Å². The van der Waals surface area contributed by atoms with Crippen LogP contribution in [0.15, 0.2) is 42.2 Å². The lowest BCUT2D eigenvalue weighted by atomic mass is 10.1. The van der Waals surface area contributed by atoms with E-state index in [-0.39, 0.29) is 33.4 Å². The monoisotopic (exact) mass is 290 g/mol. The lowest BCUT2D eigenvalue weighted by Gasteiger charge is -2.01. The highest BCUT2D eigenvalue weighted by molar-refractivity contribution is 6.32. The zero-order valence-electron chi connectivity index (χ0n) is 10.1. The first-order valence-corrected chi connectivity index (χ1v) is 6.16. The first-order chi connectivity index (χ1) is 9.58. The van der Waals surface area contributed by atoms with Gasteiger partial charge in [-0.25, -0.2) is 4.39 Å². The smallest absolute Gasteiger partial charge is 0.235 e. The van der Waals surface area contributed by atoms with Gasteiger partial charge >= 0.3 is 0 Å². The zero-order valence-corrected chi connectivity index (χ0v) is 10.8. The van der Waals surface area contributed by atoms with Crippen LogP contribution in [0.3, 0.4) is 0 Å². The SMILES string of the molecule is O=C1/C(=C/c2c(F)cccc2Cl)Oc2cccc(O)c21. The molecular formula is C15H8ClFO3. The molecule has 1 N–H and O–H groups in total. The summed E-state index contributed by atoms with van der Waals surface area (Å²) in [6.07, 6.45) is 1.24. The summed E-state index contributed by atoms with van der Waals surface area (Å²) in [5.74, 6) is -1.06. The summed E-state index contributed by atoms with van der Waals surface area (Å²) in [5, 5.41) is 9.84. The first-order valence-electron chi connectivity index (χ1n) is 5.78. The van der Waals surface area contributed by atoms with Crippen LogP contribution in [0, 0.1) is 5.82 Å². The number of Topliss-reactive ketones (excluding diaryl/α,β-unsaturated/α-hetero) is 1. The van der Waals surface area contributed by atoms with E-state index in [9.17, 15) is 14.3 Å². The normalized spacial score (nSPS) is 15.3. The summed E-state index contributed by atoms with van der Waals surface area (Å²) >= 11 is 5.90. The Morgan fingerprint density at radius 1 is 1.20 bits per heavy atom. The van der Waals surface area contributed by atoms with E-state index in [2.05, 4.69) is 0 Å². The molecule has 0 amide bonds. The maximum Gasteiger partial charge on any atom is 0.235 e. The van der Waals surface area contributed by atoms with Gasteiger partial charge in [0.2, 0.25) is 5.78 Å². The van der Waals surface area contributed by atoms with Crippen LogP contribution >= 0.6 is 11.6 Å². The number of carbonyl (C=O) groups is 1. The standard InChI is InChI=1S/C15H8ClFO3/c16-9-3-1-4-10(17)8(9)7-13-15(19)14-11(18)5-2-6-12(14)20-13/h1-7,18H/b13-7-. The van der Waals surface area contributed by atoms with Gasteiger partial charge in [-0.1, -0.05) is 23.7 Å². The minimum absolute atomic E-state index is 0.0739. The average molecular weight is 291 g/mol. The number of hydrogen-bond donors (Lipinski definition) is 1. The number of rotatable bonds is 1. The van der Waals surface area contributed by atoms with Crippen LogP contribution in [0.4, 0.5) is 4.39 Å². The summed E-state index contributed by atoms with van der Waals surface area (Å²) in [6, 6.07) is 8.72. The molecule has 1 heterocycles. The van der Waals surface area contributed by atoms with Gasteiger partial charge in [0.05, 0.1) is 5.02 Å². The third-order valence-corrected chi connectivity index (χ3v) is 3.28. The van der Waals surface area contributed by atoms with Crippen molar-refractivity contribution in [3.8, 4) is 11.5 Å². The van der Waals surface area contributed by atoms with Gasteiger partial charge in [-0.2, -0.15) is 0 Å². The number of hydrogen-bond acceptors (Lipinski definition) is 3. The van der Waals surface area contributed by atoms with Crippen molar-refractivity contribution in [1.82, 2.24) is 0 Å². The maximum atomic E-state index is 13.7. The lowest BCUT2D eigenvalue weighted by Crippen LogP contribution is -1.99. The quantitative estimate of drug-likeness (QED) is 0.813. The van der Waals surface area contributed by atoms with E-state index in [1.54, 1.807) is 12.1 Å². The van der Waals surface area contributed by atoms with Crippen molar-refractivity contribution < 1.29 is 19.0 Å². The number of fused-ring (bicyclic) bond motifs is 1. The van der Waals surface area contributed by atoms with Gasteiger partial charge in [0.1, 0.15) is 22.9 Å². The number of benzene rings is 2. The predicted molar refractivity (Wildman–Crippen MR) is 72.5 cm³/mol. The van der Waals surface area contributed by atoms with Gasteiger partial charge in [0.25, 0.3) is 0 Å². The van der Waals surface area contributed by atoms with Crippen molar-refractivity contribution in [3.63, 3.8) is 0 Å². The highest BCUT2D eigenvalue weighted by Crippen LogP contribution is 2.37. The molecule has 3 rings (SSSR count). The van der Waals surface area contributed by atoms with Crippen LogP contribution < -0.4 is 4.74 Å². The van der Waals surface area contributed by atoms with Gasteiger partial charge in [0, 0.05) is 5.56 Å². The van der Waals surface area contributed by atoms with Crippen LogP contribution in [0.5, 0.6) is 11.5 Å². The molecule has 100 valence electrons. The number of phenolic OH excluding ortho intramolecular Hbond substituents is 1. The van der Waals surface area contributed by atoms with E-state index in [4.69, 9.17) is 16.3 Å². The molecule has 0 atom stereocenters. The first kappa shape index (κ1) is 12.7. The molecule has 0 saturated heterocycles. The highest BCUT2D eigenvalue weighted by atomic mass is 35.5. The van der Waals surface area contributed by atoms with Crippen LogP contribution in [-0.4, -0.2) is 10.9 Å². The van der Waals surface area contributed by atoms with E-state index in [1.807, 2.05) is 0 Å². The summed E-state index contributed by atoms with van der Waals surface area (Å²) in [5.41, 5.74) is 0.149. The fourth-order valence-electron chi connectivity index (χ4n) is 2.00. The van der Waals surface area contributed by atoms with E-state index >= 15 is 0 Å². The highest BCUT2D eigenvalue weighted by Gasteiger charge is 2.30. The molecule has 0 saturated carbocycles. The van der Waals surface area contributed by atoms with Crippen molar-refractivity contribution >= 4 is 23.5 Å². The van der Waals surface area contributed by atoms with Crippen LogP contribution in [-0.2, 0) is 0 Å². The third kappa shape index (κ3) is 1.94. The Labute approximate surface area is 118 Å². The molecule has 0 aliphatic carbocycles. The minimum Gasteiger partial charge on any atom is -0.507 e. The van der Waals surface area contributed by atoms with E-state index in [1.165, 1.54) is 30.3 Å². The Morgan fingerprint density at radius 2 is 1.95 bits per heavy atom. The molecule has 0 spiro atoms. The molecule has 2 aromatic carbocycles. The minimum atomic E-state index is -0.554. The number of phenols is 1. The van der Waals surface area contributed by atoms with E-state index in [0.29, 0.717) is 0 Å². The average Bonchev–Trinajstić information content (AvgIpc) is 2.72. The van der Waals surface area contributed by atoms with Crippen molar-refractivity contribution in [2.75, 3.05) is 0 Å². The number of halogens is 2. The zero-order chi connectivity index (χ0) is 14.3. The molecule has 0 bridgehead atoms. The van der Waals surface area contributed by atoms with Crippen LogP contribution in [0.2, 0.25) is 5.02 Å². The Balaban J connectivity index is 2.09. The van der Waals surface area contributed by atoms with Crippen LogP contribution in [0.1, 0.15) is 15.9 Å². The number of carbonyl (C=O) groups excluding carboxylic acids is 1. The summed E-state index contributed by atoms with van der Waals surface area (Å²) in [4.78, 5) is 12.1. The Morgan fingerprint density at radius 3 is 2.65 bits per heavy atom. The summed E-state index contributed by atoms with van der Waals surface area (Å²) < 4.78 is 19.0. The second-order valence-electron chi connectivity index (χ2n) is 4.23. The fourth-order valence-corrected chi connectivity index (χ4v) is 2.21. The number of aromatic hydroxyl groups is 1. The van der Waals surface area contributed by atoms with Crippen molar-refractivity contribution in [3.05, 3.63) is 64.1 Å².